The van der Waals surface area contributed by atoms with Crippen LogP contribution in [-0.4, -0.2) is 108 Å². The van der Waals surface area contributed by atoms with Gasteiger partial charge in [-0.05, 0) is 227 Å². The lowest BCUT2D eigenvalue weighted by Crippen LogP contribution is -2.47. The van der Waals surface area contributed by atoms with Gasteiger partial charge in [-0.15, -0.1) is 0 Å². The number of aliphatic hydroxyl groups is 6. The number of carbonyl (C=O) groups is 5. The van der Waals surface area contributed by atoms with E-state index in [0.717, 1.165) is 81.8 Å². The minimum atomic E-state index is -0.995. The van der Waals surface area contributed by atoms with Crippen LogP contribution in [0.25, 0.3) is 0 Å². The van der Waals surface area contributed by atoms with Crippen molar-refractivity contribution in [2.45, 2.75) is 332 Å². The maximum Gasteiger partial charge on any atom is 0.189 e. The second-order valence-electron chi connectivity index (χ2n) is 35.0. The predicted molar refractivity (Wildman–Crippen MR) is 381 cm³/mol. The molecule has 2 heterocycles. The van der Waals surface area contributed by atoms with Gasteiger partial charge in [0.15, 0.2) is 28.9 Å². The third-order valence-electron chi connectivity index (χ3n) is 26.0. The maximum absolute atomic E-state index is 11.7. The quantitative estimate of drug-likeness (QED) is 0.100. The number of rotatable bonds is 12. The van der Waals surface area contributed by atoms with Crippen molar-refractivity contribution < 1.29 is 64.1 Å². The fourth-order valence-electron chi connectivity index (χ4n) is 16.1. The average molecular weight is 1320 g/mol. The summed E-state index contributed by atoms with van der Waals surface area (Å²) in [5.41, 5.74) is 6.53. The second-order valence-corrected chi connectivity index (χ2v) is 35.0. The van der Waals surface area contributed by atoms with Crippen LogP contribution < -0.4 is 0 Å². The number of aliphatic hydroxyl groups excluding tert-OH is 4. The highest BCUT2D eigenvalue weighted by Crippen LogP contribution is 2.58. The van der Waals surface area contributed by atoms with Gasteiger partial charge in [0.2, 0.25) is 0 Å². The monoisotopic (exact) mass is 1320 g/mol. The molecule has 2 saturated carbocycles. The molecule has 7 aliphatic carbocycles. The zero-order chi connectivity index (χ0) is 72.8. The van der Waals surface area contributed by atoms with E-state index in [1.807, 2.05) is 46.8 Å². The molecule has 2 saturated heterocycles. The zero-order valence-electron chi connectivity index (χ0n) is 64.5. The number of carbonyl (C=O) groups excluding carboxylic acids is 5. The molecule has 13 heteroatoms. The van der Waals surface area contributed by atoms with E-state index < -0.39 is 11.6 Å². The fourth-order valence-corrected chi connectivity index (χ4v) is 16.1. The first-order valence-corrected chi connectivity index (χ1v) is 36.2. The van der Waals surface area contributed by atoms with Gasteiger partial charge in [0.1, 0.15) is 11.6 Å². The largest absolute Gasteiger partial charge is 0.393 e. The van der Waals surface area contributed by atoms with Crippen LogP contribution in [0.2, 0.25) is 0 Å². The number of hydrogen-bond donors (Lipinski definition) is 6. The molecule has 4 fully saturated rings. The SMILES string of the molecule is CC(=O)CCC1C(=O)C=C(C)C1(C)C.CC(O)CCC1C(=O)CC(C)C1(C)C.CC1=CC(=O)C(C)C1(C)C.CC1=CC(=O)C(CCC(C)O)C1(C)C.CC1=CC(O)C(CCC(C)O)C1(C)C.CC1=CC2(O)OC(C)CCC2C1(C)C.CC1CCC2C(O)(CC(C)C2(C)C)O1. The molecule has 9 aliphatic rings. The van der Waals surface area contributed by atoms with Crippen molar-refractivity contribution in [1.29, 1.82) is 0 Å². The molecule has 0 bridgehead atoms. The summed E-state index contributed by atoms with van der Waals surface area (Å²) in [6.07, 6.45) is 20.1. The van der Waals surface area contributed by atoms with Crippen LogP contribution in [0.15, 0.2) is 58.2 Å². The normalized spacial score (nSPS) is 35.5. The summed E-state index contributed by atoms with van der Waals surface area (Å²) in [4.78, 5) is 57.0. The molecule has 13 nitrogen and oxygen atoms in total. The first-order chi connectivity index (χ1) is 42.6. The number of ether oxygens (including phenoxy) is 2. The molecule has 0 aromatic heterocycles. The van der Waals surface area contributed by atoms with Gasteiger partial charge in [-0.25, -0.2) is 0 Å². The first-order valence-electron chi connectivity index (χ1n) is 36.2. The van der Waals surface area contributed by atoms with Gasteiger partial charge in [0.05, 0.1) is 36.6 Å². The lowest BCUT2D eigenvalue weighted by molar-refractivity contribution is -0.276. The average Bonchev–Trinajstić information content (AvgIpc) is 1.59. The third-order valence-corrected chi connectivity index (χ3v) is 26.0. The van der Waals surface area contributed by atoms with E-state index in [4.69, 9.17) is 9.47 Å². The second kappa shape index (κ2) is 32.8. The molecule has 17 atom stereocenters. The molecule has 0 aromatic carbocycles. The number of ketones is 5. The summed E-state index contributed by atoms with van der Waals surface area (Å²) in [6, 6.07) is 0. The van der Waals surface area contributed by atoms with Gasteiger partial charge in [-0.1, -0.05) is 152 Å². The minimum Gasteiger partial charge on any atom is -0.393 e. The summed E-state index contributed by atoms with van der Waals surface area (Å²) in [7, 11) is 0. The van der Waals surface area contributed by atoms with Crippen LogP contribution in [0.1, 0.15) is 284 Å². The van der Waals surface area contributed by atoms with Crippen LogP contribution in [0.5, 0.6) is 0 Å². The van der Waals surface area contributed by atoms with Crippen LogP contribution in [0.3, 0.4) is 0 Å². The number of hydrogen-bond acceptors (Lipinski definition) is 13. The lowest BCUT2D eigenvalue weighted by atomic mass is 9.72. The van der Waals surface area contributed by atoms with E-state index in [1.54, 1.807) is 45.9 Å². The Morgan fingerprint density at radius 1 is 0.511 bits per heavy atom. The van der Waals surface area contributed by atoms with Gasteiger partial charge in [0, 0.05) is 54.8 Å². The molecule has 94 heavy (non-hydrogen) atoms. The van der Waals surface area contributed by atoms with Crippen molar-refractivity contribution >= 4 is 28.9 Å². The summed E-state index contributed by atoms with van der Waals surface area (Å²) >= 11 is 0. The molecule has 540 valence electrons. The molecule has 0 spiro atoms. The van der Waals surface area contributed by atoms with Crippen LogP contribution in [0, 0.1) is 91.2 Å². The van der Waals surface area contributed by atoms with E-state index in [9.17, 15) is 54.6 Å². The van der Waals surface area contributed by atoms with E-state index in [2.05, 4.69) is 132 Å². The third kappa shape index (κ3) is 20.5. The smallest absolute Gasteiger partial charge is 0.189 e. The summed E-state index contributed by atoms with van der Waals surface area (Å²) < 4.78 is 11.4. The Hall–Kier alpha value is -3.27. The van der Waals surface area contributed by atoms with Crippen molar-refractivity contribution in [2.75, 3.05) is 0 Å². The highest BCUT2D eigenvalue weighted by Gasteiger charge is 2.59. The molecule has 9 rings (SSSR count). The highest BCUT2D eigenvalue weighted by atomic mass is 16.6. The predicted octanol–water partition coefficient (Wildman–Crippen LogP) is 16.6. The Morgan fingerprint density at radius 3 is 1.31 bits per heavy atom. The molecule has 17 unspecified atom stereocenters. The number of fused-ring (bicyclic) bond motifs is 2. The van der Waals surface area contributed by atoms with Crippen molar-refractivity contribution in [3.63, 3.8) is 0 Å². The van der Waals surface area contributed by atoms with Crippen molar-refractivity contribution in [1.82, 2.24) is 0 Å². The Morgan fingerprint density at radius 2 is 0.936 bits per heavy atom. The summed E-state index contributed by atoms with van der Waals surface area (Å²) in [5, 5.41) is 58.4. The van der Waals surface area contributed by atoms with Crippen LogP contribution >= 0.6 is 0 Å². The van der Waals surface area contributed by atoms with E-state index in [1.165, 1.54) is 16.7 Å². The van der Waals surface area contributed by atoms with Crippen LogP contribution in [-0.2, 0) is 33.4 Å². The van der Waals surface area contributed by atoms with Crippen LogP contribution in [0.4, 0.5) is 0 Å². The lowest BCUT2D eigenvalue weighted by Gasteiger charge is -2.43. The van der Waals surface area contributed by atoms with Gasteiger partial charge in [0.25, 0.3) is 0 Å². The van der Waals surface area contributed by atoms with Gasteiger partial charge in [-0.3, -0.25) is 19.2 Å². The Balaban J connectivity index is 0.000000287. The fraction of sp³-hybridized carbons (Fsp3) is 0.815. The van der Waals surface area contributed by atoms with Gasteiger partial charge in [-0.2, -0.15) is 0 Å². The highest BCUT2D eigenvalue weighted by molar-refractivity contribution is 5.97. The number of allylic oxidation sites excluding steroid dienone is 8. The summed E-state index contributed by atoms with van der Waals surface area (Å²) in [5.74, 6) is 1.67. The Bertz CT molecular complexity index is 2750. The molecular formula is C81H138O13. The van der Waals surface area contributed by atoms with Crippen molar-refractivity contribution in [3.05, 3.63) is 58.2 Å². The molecular weight excluding hydrogens is 1180 g/mol. The zero-order valence-corrected chi connectivity index (χ0v) is 64.5. The number of Topliss-reactive ketones (excluding diaryl/α,β-unsaturated/α-hetero) is 2. The van der Waals surface area contributed by atoms with Crippen molar-refractivity contribution in [3.8, 4) is 0 Å². The molecule has 2 aliphatic heterocycles. The van der Waals surface area contributed by atoms with E-state index >= 15 is 0 Å². The summed E-state index contributed by atoms with van der Waals surface area (Å²) in [6.45, 7) is 57.8. The Kier molecular flexibility index (Phi) is 29.7. The maximum atomic E-state index is 11.7. The van der Waals surface area contributed by atoms with E-state index in [-0.39, 0.29) is 133 Å². The van der Waals surface area contributed by atoms with Gasteiger partial charge < -0.3 is 44.9 Å². The van der Waals surface area contributed by atoms with Gasteiger partial charge >= 0.3 is 0 Å². The van der Waals surface area contributed by atoms with Crippen molar-refractivity contribution in [2.24, 2.45) is 91.2 Å². The Labute approximate surface area is 571 Å². The minimum absolute atomic E-state index is 0.00593. The topological polar surface area (TPSA) is 225 Å². The molecule has 6 N–H and O–H groups in total. The standard InChI is InChI=1S/C12H22O2.C12H20O2.2C12H22O2.C12H20O2.C12H18O2.C9H14O/c2*1-8-7-12(13)10(11(8,3)4)6-5-9(2)14-12;4*1-8-7-11(14)10(12(8,3)4)6-5-9(2)13;1-6-5-8(10)7(2)9(6,3)4/h8-10,13H,5-7H2,1-4H3;7,9-10,13H,5-6H2,1-4H3;8-10,13H,5-7H2,1-4H3;7,9-11,13-14H,5-6H2,1-4H3;7,9-10,13H,5-6H2,1-4H3;7,10H,5-6H2,1-4H3;5,7H,1-4H3. The molecule has 0 amide bonds. The molecule has 0 radical (unpaired) electrons. The van der Waals surface area contributed by atoms with E-state index in [0.29, 0.717) is 42.8 Å². The molecule has 0 aromatic rings. The first kappa shape index (κ1) is 85.0.